The lowest BCUT2D eigenvalue weighted by molar-refractivity contribution is -0.143. The average molecular weight is 590 g/mol. The molecule has 220 valence electrons. The van der Waals surface area contributed by atoms with E-state index in [1.165, 1.54) is 4.90 Å². The molecule has 0 fully saturated rings. The molecule has 0 spiro atoms. The van der Waals surface area contributed by atoms with Crippen LogP contribution in [0.4, 0.5) is 50.0 Å². The Labute approximate surface area is 228 Å². The Morgan fingerprint density at radius 2 is 1.39 bits per heavy atom. The molecule has 0 unspecified atom stereocenters. The Balaban J connectivity index is 1.64. The molecule has 0 saturated heterocycles. The third-order valence-corrected chi connectivity index (χ3v) is 6.61. The number of carbonyl (C=O) groups is 1. The van der Waals surface area contributed by atoms with Gasteiger partial charge in [-0.05, 0) is 66.4 Å². The van der Waals surface area contributed by atoms with Crippen molar-refractivity contribution in [3.63, 3.8) is 0 Å². The second-order valence-electron chi connectivity index (χ2n) is 9.61. The van der Waals surface area contributed by atoms with Crippen LogP contribution in [-0.2, 0) is 36.4 Å². The van der Waals surface area contributed by atoms with E-state index in [0.29, 0.717) is 17.7 Å². The minimum atomic E-state index is -5.05. The van der Waals surface area contributed by atoms with Crippen molar-refractivity contribution in [2.45, 2.75) is 57.1 Å². The second-order valence-corrected chi connectivity index (χ2v) is 9.61. The van der Waals surface area contributed by atoms with Crippen LogP contribution in [-0.4, -0.2) is 12.1 Å². The maximum atomic E-state index is 13.6. The molecule has 0 bridgehead atoms. The van der Waals surface area contributed by atoms with Gasteiger partial charge in [0.05, 0.1) is 22.4 Å². The summed E-state index contributed by atoms with van der Waals surface area (Å²) in [6.45, 7) is 0.987. The summed E-state index contributed by atoms with van der Waals surface area (Å²) in [7, 11) is 0. The Bertz CT molecular complexity index is 1350. The van der Waals surface area contributed by atoms with Crippen LogP contribution in [0.25, 0.3) is 0 Å². The average Bonchev–Trinajstić information content (AvgIpc) is 2.89. The largest absolute Gasteiger partial charge is 0.444 e. The molecule has 0 aromatic heterocycles. The molecule has 0 saturated carbocycles. The van der Waals surface area contributed by atoms with Gasteiger partial charge in [0.2, 0.25) is 0 Å². The van der Waals surface area contributed by atoms with Crippen molar-refractivity contribution in [3.05, 3.63) is 100 Å². The summed E-state index contributed by atoms with van der Waals surface area (Å²) in [4.78, 5) is 14.2. The highest BCUT2D eigenvalue weighted by Gasteiger charge is 2.39. The van der Waals surface area contributed by atoms with Crippen molar-refractivity contribution in [2.75, 3.05) is 4.90 Å². The van der Waals surface area contributed by atoms with E-state index in [2.05, 4.69) is 5.32 Å². The van der Waals surface area contributed by atoms with Crippen LogP contribution < -0.4 is 10.2 Å². The number of nitrogens with zero attached hydrogens (tertiary/aromatic N) is 1. The monoisotopic (exact) mass is 590 g/mol. The molecule has 4 rings (SSSR count). The number of halogens is 9. The summed E-state index contributed by atoms with van der Waals surface area (Å²) in [5, 5.41) is 2.80. The van der Waals surface area contributed by atoms with Gasteiger partial charge in [-0.15, -0.1) is 0 Å². The third kappa shape index (κ3) is 7.13. The van der Waals surface area contributed by atoms with Crippen LogP contribution in [0.5, 0.6) is 0 Å². The van der Waals surface area contributed by atoms with Crippen LogP contribution >= 0.6 is 0 Å². The summed E-state index contributed by atoms with van der Waals surface area (Å²) in [6, 6.07) is 10.9. The van der Waals surface area contributed by atoms with Gasteiger partial charge < -0.3 is 10.1 Å². The van der Waals surface area contributed by atoms with E-state index >= 15 is 0 Å². The summed E-state index contributed by atoms with van der Waals surface area (Å²) < 4.78 is 126. The zero-order chi connectivity index (χ0) is 30.2. The summed E-state index contributed by atoms with van der Waals surface area (Å²) in [5.41, 5.74) is -3.66. The first-order valence-electron chi connectivity index (χ1n) is 12.3. The number of alkyl halides is 9. The van der Waals surface area contributed by atoms with Crippen molar-refractivity contribution >= 4 is 11.8 Å². The molecule has 41 heavy (non-hydrogen) atoms. The third-order valence-electron chi connectivity index (χ3n) is 6.61. The molecular formula is C28H23F9N2O2. The first-order chi connectivity index (χ1) is 19.0. The molecule has 0 aliphatic carbocycles. The highest BCUT2D eigenvalue weighted by molar-refractivity contribution is 5.90. The molecule has 13 heteroatoms. The van der Waals surface area contributed by atoms with E-state index in [1.54, 1.807) is 37.3 Å². The number of amides is 1. The zero-order valence-corrected chi connectivity index (χ0v) is 21.3. The Kier molecular flexibility index (Phi) is 8.30. The summed E-state index contributed by atoms with van der Waals surface area (Å²) >= 11 is 0. The minimum absolute atomic E-state index is 0.000162. The van der Waals surface area contributed by atoms with Crippen molar-refractivity contribution in [3.8, 4) is 0 Å². The SMILES string of the molecule is C[C@H]1C[C@H](NCc2cc(C(F)(F)F)cc(C(F)(F)F)c2)c2cc(C(F)(F)F)ccc2N1C(=O)OCc1ccccc1. The fourth-order valence-corrected chi connectivity index (χ4v) is 4.66. The van der Waals surface area contributed by atoms with Crippen LogP contribution in [0.2, 0.25) is 0 Å². The number of nitrogens with one attached hydrogen (secondary N) is 1. The zero-order valence-electron chi connectivity index (χ0n) is 21.3. The molecule has 3 aromatic rings. The van der Waals surface area contributed by atoms with Gasteiger partial charge in [-0.3, -0.25) is 4.90 Å². The maximum absolute atomic E-state index is 13.6. The molecule has 1 N–H and O–H groups in total. The molecule has 1 heterocycles. The van der Waals surface area contributed by atoms with Crippen LogP contribution in [0, 0.1) is 0 Å². The lowest BCUT2D eigenvalue weighted by Crippen LogP contribution is -2.45. The van der Waals surface area contributed by atoms with E-state index in [4.69, 9.17) is 4.74 Å². The number of fused-ring (bicyclic) bond motifs is 1. The van der Waals surface area contributed by atoms with E-state index in [1.807, 2.05) is 0 Å². The van der Waals surface area contributed by atoms with Gasteiger partial charge in [0.1, 0.15) is 6.61 Å². The van der Waals surface area contributed by atoms with Crippen LogP contribution in [0.15, 0.2) is 66.7 Å². The first-order valence-corrected chi connectivity index (χ1v) is 12.3. The summed E-state index contributed by atoms with van der Waals surface area (Å²) in [5.74, 6) is 0. The van der Waals surface area contributed by atoms with Crippen molar-refractivity contribution in [2.24, 2.45) is 0 Å². The van der Waals surface area contributed by atoms with E-state index in [0.717, 1.165) is 18.2 Å². The Morgan fingerprint density at radius 1 is 0.805 bits per heavy atom. The maximum Gasteiger partial charge on any atom is 0.416 e. The number of hydrogen-bond donors (Lipinski definition) is 1. The minimum Gasteiger partial charge on any atom is -0.444 e. The fourth-order valence-electron chi connectivity index (χ4n) is 4.66. The van der Waals surface area contributed by atoms with Crippen molar-refractivity contribution in [1.29, 1.82) is 0 Å². The van der Waals surface area contributed by atoms with Gasteiger partial charge in [-0.1, -0.05) is 30.3 Å². The normalized spacial score (nSPS) is 17.8. The molecule has 3 aromatic carbocycles. The Hall–Kier alpha value is -3.74. The van der Waals surface area contributed by atoms with Gasteiger partial charge in [-0.2, -0.15) is 39.5 Å². The number of benzene rings is 3. The van der Waals surface area contributed by atoms with Crippen molar-refractivity contribution in [1.82, 2.24) is 5.32 Å². The first kappa shape index (κ1) is 30.2. The lowest BCUT2D eigenvalue weighted by Gasteiger charge is -2.39. The quantitative estimate of drug-likeness (QED) is 0.303. The Morgan fingerprint density at radius 3 is 1.95 bits per heavy atom. The number of ether oxygens (including phenoxy) is 1. The van der Waals surface area contributed by atoms with Gasteiger partial charge in [-0.25, -0.2) is 4.79 Å². The molecule has 1 amide bonds. The molecular weight excluding hydrogens is 567 g/mol. The van der Waals surface area contributed by atoms with Crippen LogP contribution in [0.1, 0.15) is 52.8 Å². The van der Waals surface area contributed by atoms with E-state index < -0.39 is 59.9 Å². The number of carbonyl (C=O) groups excluding carboxylic acids is 1. The number of anilines is 1. The van der Waals surface area contributed by atoms with Gasteiger partial charge >= 0.3 is 24.6 Å². The van der Waals surface area contributed by atoms with Gasteiger partial charge in [0.15, 0.2) is 0 Å². The molecule has 0 radical (unpaired) electrons. The van der Waals surface area contributed by atoms with E-state index in [9.17, 15) is 44.3 Å². The highest BCUT2D eigenvalue weighted by Crippen LogP contribution is 2.42. The number of rotatable bonds is 5. The van der Waals surface area contributed by atoms with Crippen LogP contribution in [0.3, 0.4) is 0 Å². The molecule has 4 nitrogen and oxygen atoms in total. The predicted octanol–water partition coefficient (Wildman–Crippen LogP) is 8.51. The second kappa shape index (κ2) is 11.3. The predicted molar refractivity (Wildman–Crippen MR) is 131 cm³/mol. The summed E-state index contributed by atoms with van der Waals surface area (Å²) in [6.07, 6.45) is -15.7. The smallest absolute Gasteiger partial charge is 0.416 e. The molecule has 2 atom stereocenters. The standard InChI is InChI=1S/C28H23F9N2O2/c1-16-9-23(38-14-18-10-20(27(32,33)34)12-21(11-18)28(35,36)37)22-13-19(26(29,30)31)7-8-24(22)39(16)25(40)41-15-17-5-3-2-4-6-17/h2-8,10-13,16,23,38H,9,14-15H2,1H3/t16-,23-/m0/s1. The van der Waals surface area contributed by atoms with Gasteiger partial charge in [0, 0.05) is 18.6 Å². The van der Waals surface area contributed by atoms with Crippen molar-refractivity contribution < 1.29 is 49.0 Å². The number of hydrogen-bond acceptors (Lipinski definition) is 3. The van der Waals surface area contributed by atoms with Gasteiger partial charge in [0.25, 0.3) is 0 Å². The fraction of sp³-hybridized carbons (Fsp3) is 0.321. The highest BCUT2D eigenvalue weighted by atomic mass is 19.4. The molecule has 1 aliphatic heterocycles. The topological polar surface area (TPSA) is 41.6 Å². The van der Waals surface area contributed by atoms with E-state index in [-0.39, 0.29) is 35.9 Å². The molecule has 1 aliphatic rings. The lowest BCUT2D eigenvalue weighted by atomic mass is 9.90.